The number of nitrogens with two attached hydrogens (primary N) is 1. The fourth-order valence-electron chi connectivity index (χ4n) is 5.50. The Balaban J connectivity index is 1.93. The molecule has 2 aliphatic heterocycles. The van der Waals surface area contributed by atoms with Gasteiger partial charge < -0.3 is 11.1 Å². The van der Waals surface area contributed by atoms with E-state index >= 15 is 0 Å². The first-order chi connectivity index (χ1) is 16.0. The van der Waals surface area contributed by atoms with Gasteiger partial charge in [-0.25, -0.2) is 0 Å². The van der Waals surface area contributed by atoms with Crippen molar-refractivity contribution in [1.29, 1.82) is 5.26 Å². The third-order valence-corrected chi connectivity index (χ3v) is 7.84. The number of nitrogens with one attached hydrogen (secondary N) is 1. The van der Waals surface area contributed by atoms with Crippen molar-refractivity contribution in [2.45, 2.75) is 39.0 Å². The van der Waals surface area contributed by atoms with Crippen LogP contribution in [-0.2, 0) is 15.0 Å². The molecule has 1 atom stereocenters. The lowest BCUT2D eigenvalue weighted by Gasteiger charge is -2.47. The number of halogens is 2. The number of nitriles is 1. The second-order valence-corrected chi connectivity index (χ2v) is 11.1. The monoisotopic (exact) mass is 536 g/mol. The number of benzene rings is 2. The number of amides is 1. The highest BCUT2D eigenvalue weighted by atomic mass is 79.9. The van der Waals surface area contributed by atoms with Crippen molar-refractivity contribution in [3.8, 4) is 6.07 Å². The number of carbonyl (C=O) groups excluding carboxylic acids is 2. The van der Waals surface area contributed by atoms with E-state index in [0.717, 1.165) is 10.0 Å². The third-order valence-electron chi connectivity index (χ3n) is 6.94. The highest BCUT2D eigenvalue weighted by Gasteiger charge is 2.61. The molecule has 1 aliphatic carbocycles. The first-order valence-corrected chi connectivity index (χ1v) is 12.0. The van der Waals surface area contributed by atoms with E-state index in [1.807, 2.05) is 32.9 Å². The van der Waals surface area contributed by atoms with Crippen LogP contribution in [0.2, 0.25) is 5.02 Å². The largest absolute Gasteiger partial charge is 0.384 e. The Morgan fingerprint density at radius 3 is 2.65 bits per heavy atom. The molecule has 2 heterocycles. The summed E-state index contributed by atoms with van der Waals surface area (Å²) in [5.74, 6) is -0.484. The van der Waals surface area contributed by atoms with Gasteiger partial charge in [-0.2, -0.15) is 5.26 Å². The average molecular weight is 538 g/mol. The predicted octanol–water partition coefficient (Wildman–Crippen LogP) is 5.46. The lowest BCUT2D eigenvalue weighted by atomic mass is 9.60. The van der Waals surface area contributed by atoms with Gasteiger partial charge in [-0.3, -0.25) is 14.5 Å². The van der Waals surface area contributed by atoms with Gasteiger partial charge in [-0.1, -0.05) is 47.4 Å². The Bertz CT molecular complexity index is 1420. The Morgan fingerprint density at radius 2 is 1.94 bits per heavy atom. The maximum absolute atomic E-state index is 13.9. The van der Waals surface area contributed by atoms with E-state index in [2.05, 4.69) is 27.3 Å². The van der Waals surface area contributed by atoms with Gasteiger partial charge in [0.25, 0.3) is 0 Å². The number of nitrogens with zero attached hydrogens (tertiary/aromatic N) is 2. The van der Waals surface area contributed by atoms with Crippen molar-refractivity contribution in [2.75, 3.05) is 10.2 Å². The van der Waals surface area contributed by atoms with Crippen LogP contribution >= 0.6 is 27.5 Å². The van der Waals surface area contributed by atoms with E-state index in [4.69, 9.17) is 17.3 Å². The number of fused-ring (bicyclic) bond motifs is 3. The second kappa shape index (κ2) is 7.46. The van der Waals surface area contributed by atoms with Gasteiger partial charge in [0.1, 0.15) is 17.3 Å². The summed E-state index contributed by atoms with van der Waals surface area (Å²) in [6.07, 6.45) is 0.753. The predicted molar refractivity (Wildman–Crippen MR) is 135 cm³/mol. The quantitative estimate of drug-likeness (QED) is 0.503. The van der Waals surface area contributed by atoms with Crippen LogP contribution in [0.5, 0.6) is 0 Å². The maximum atomic E-state index is 13.9. The molecule has 5 rings (SSSR count). The normalized spacial score (nSPS) is 23.1. The van der Waals surface area contributed by atoms with Crippen molar-refractivity contribution < 1.29 is 9.59 Å². The number of rotatable bonds is 1. The van der Waals surface area contributed by atoms with Crippen LogP contribution < -0.4 is 16.0 Å². The Kier molecular flexibility index (Phi) is 4.98. The molecule has 172 valence electrons. The first-order valence-electron chi connectivity index (χ1n) is 10.9. The molecule has 34 heavy (non-hydrogen) atoms. The van der Waals surface area contributed by atoms with Gasteiger partial charge >= 0.3 is 0 Å². The summed E-state index contributed by atoms with van der Waals surface area (Å²) in [4.78, 5) is 29.4. The lowest BCUT2D eigenvalue weighted by Crippen LogP contribution is -2.52. The molecule has 0 radical (unpaired) electrons. The Morgan fingerprint density at radius 1 is 1.21 bits per heavy atom. The molecule has 0 fully saturated rings. The van der Waals surface area contributed by atoms with E-state index in [1.165, 1.54) is 0 Å². The van der Waals surface area contributed by atoms with E-state index in [9.17, 15) is 14.9 Å². The van der Waals surface area contributed by atoms with Crippen molar-refractivity contribution in [3.05, 3.63) is 79.7 Å². The molecule has 2 aromatic carbocycles. The van der Waals surface area contributed by atoms with Gasteiger partial charge in [-0.05, 0) is 54.7 Å². The number of carbonyl (C=O) groups is 2. The van der Waals surface area contributed by atoms with Crippen LogP contribution in [0.25, 0.3) is 0 Å². The SMILES string of the molecule is Cc1c(Cl)cccc1N1C(N)=C(C#N)C2(C(=O)Nc3ccc(Br)cc32)C2=C1CC(C)(C)CC2=O. The third kappa shape index (κ3) is 2.92. The Labute approximate surface area is 211 Å². The van der Waals surface area contributed by atoms with Crippen LogP contribution in [0.1, 0.15) is 37.8 Å². The summed E-state index contributed by atoms with van der Waals surface area (Å²) < 4.78 is 0.733. The summed E-state index contributed by atoms with van der Waals surface area (Å²) in [5.41, 5.74) is 8.31. The lowest BCUT2D eigenvalue weighted by molar-refractivity contribution is -0.123. The minimum absolute atomic E-state index is 0.0352. The highest BCUT2D eigenvalue weighted by Crippen LogP contribution is 2.57. The fraction of sp³-hybridized carbons (Fsp3) is 0.269. The number of ketones is 1. The van der Waals surface area contributed by atoms with Crippen LogP contribution in [0, 0.1) is 23.7 Å². The molecule has 8 heteroatoms. The smallest absolute Gasteiger partial charge is 0.245 e. The van der Waals surface area contributed by atoms with Crippen molar-refractivity contribution in [1.82, 2.24) is 0 Å². The van der Waals surface area contributed by atoms with E-state index in [1.54, 1.807) is 29.2 Å². The molecule has 6 nitrogen and oxygen atoms in total. The average Bonchev–Trinajstić information content (AvgIpc) is 3.02. The fourth-order valence-corrected chi connectivity index (χ4v) is 6.03. The molecule has 1 unspecified atom stereocenters. The summed E-state index contributed by atoms with van der Waals surface area (Å²) in [7, 11) is 0. The van der Waals surface area contributed by atoms with E-state index in [-0.39, 0.29) is 29.0 Å². The summed E-state index contributed by atoms with van der Waals surface area (Å²) in [6.45, 7) is 5.90. The summed E-state index contributed by atoms with van der Waals surface area (Å²) >= 11 is 9.92. The zero-order valence-electron chi connectivity index (χ0n) is 18.9. The molecule has 2 aromatic rings. The zero-order chi connectivity index (χ0) is 24.6. The van der Waals surface area contributed by atoms with Crippen molar-refractivity contribution >= 4 is 50.6 Å². The number of allylic oxidation sites excluding steroid dienone is 1. The van der Waals surface area contributed by atoms with Gasteiger partial charge in [0.05, 0.1) is 11.3 Å². The van der Waals surface area contributed by atoms with Gasteiger partial charge in [-0.15, -0.1) is 0 Å². The first kappa shape index (κ1) is 22.7. The molecular weight excluding hydrogens is 516 g/mol. The van der Waals surface area contributed by atoms with Gasteiger partial charge in [0.15, 0.2) is 5.78 Å². The molecule has 1 amide bonds. The number of Topliss-reactive ketones (excluding diaryl/α,β-unsaturated/α-hetero) is 1. The van der Waals surface area contributed by atoms with Crippen molar-refractivity contribution in [3.63, 3.8) is 0 Å². The minimum atomic E-state index is -1.61. The van der Waals surface area contributed by atoms with Crippen LogP contribution in [-0.4, -0.2) is 11.7 Å². The molecule has 0 saturated heterocycles. The highest BCUT2D eigenvalue weighted by molar-refractivity contribution is 9.10. The molecule has 0 bridgehead atoms. The second-order valence-electron chi connectivity index (χ2n) is 9.75. The van der Waals surface area contributed by atoms with Gasteiger partial charge in [0, 0.05) is 38.4 Å². The minimum Gasteiger partial charge on any atom is -0.384 e. The zero-order valence-corrected chi connectivity index (χ0v) is 21.3. The van der Waals surface area contributed by atoms with E-state index in [0.29, 0.717) is 39.7 Å². The summed E-state index contributed by atoms with van der Waals surface area (Å²) in [5, 5.41) is 13.8. The number of hydrogen-bond donors (Lipinski definition) is 2. The number of anilines is 2. The topological polar surface area (TPSA) is 99.2 Å². The molecular formula is C26H22BrClN4O2. The van der Waals surface area contributed by atoms with E-state index < -0.39 is 11.3 Å². The van der Waals surface area contributed by atoms with Gasteiger partial charge in [0.2, 0.25) is 5.91 Å². The van der Waals surface area contributed by atoms with Crippen LogP contribution in [0.15, 0.2) is 63.5 Å². The molecule has 0 saturated carbocycles. The van der Waals surface area contributed by atoms with Crippen LogP contribution in [0.3, 0.4) is 0 Å². The summed E-state index contributed by atoms with van der Waals surface area (Å²) in [6, 6.07) is 13.0. The standard InChI is InChI=1S/C26H22BrClN4O2/c1-13-17(28)5-4-6-19(13)32-20-10-25(2,3)11-21(33)22(20)26(16(12-29)23(32)30)15-9-14(27)7-8-18(15)31-24(26)34/h4-9H,10-11,30H2,1-3H3,(H,31,34). The maximum Gasteiger partial charge on any atom is 0.245 e. The molecule has 3 aliphatic rings. The molecule has 3 N–H and O–H groups in total. The van der Waals surface area contributed by atoms with Crippen molar-refractivity contribution in [2.24, 2.45) is 11.1 Å². The molecule has 1 spiro atoms. The number of hydrogen-bond acceptors (Lipinski definition) is 5. The molecule has 0 aromatic heterocycles. The Hall–Kier alpha value is -3.08. The van der Waals surface area contributed by atoms with Crippen LogP contribution in [0.4, 0.5) is 11.4 Å².